The summed E-state index contributed by atoms with van der Waals surface area (Å²) >= 11 is 6.03. The number of guanidine groups is 1. The second-order valence-corrected chi connectivity index (χ2v) is 6.84. The molecule has 3 N–H and O–H groups in total. The molecule has 1 amide bonds. The van der Waals surface area contributed by atoms with Gasteiger partial charge in [-0.05, 0) is 30.5 Å². The minimum absolute atomic E-state index is 0.182. The standard InChI is InChI=1S/C21H27ClN4O/c1-15-7-6-8-17(13-15)16(2)14-26-21(23-3)25-12-11-24-20(27)18-9-4-5-10-19(18)22/h4-10,13,16H,11-12,14H2,1-3H3,(H,24,27)(H2,23,25,26). The molecule has 2 aromatic carbocycles. The van der Waals surface area contributed by atoms with Crippen LogP contribution < -0.4 is 16.0 Å². The van der Waals surface area contributed by atoms with E-state index in [0.717, 1.165) is 6.54 Å². The van der Waals surface area contributed by atoms with Gasteiger partial charge in [0.1, 0.15) is 0 Å². The highest BCUT2D eigenvalue weighted by molar-refractivity contribution is 6.33. The molecule has 0 fully saturated rings. The molecular formula is C21H27ClN4O. The van der Waals surface area contributed by atoms with Crippen molar-refractivity contribution in [2.24, 2.45) is 4.99 Å². The van der Waals surface area contributed by atoms with Crippen molar-refractivity contribution < 1.29 is 4.79 Å². The first kappa shape index (κ1) is 20.8. The van der Waals surface area contributed by atoms with E-state index in [4.69, 9.17) is 11.6 Å². The SMILES string of the molecule is CN=C(NCCNC(=O)c1ccccc1Cl)NCC(C)c1cccc(C)c1. The molecule has 0 aromatic heterocycles. The van der Waals surface area contributed by atoms with Crippen LogP contribution in [0.1, 0.15) is 34.3 Å². The Bertz CT molecular complexity index is 791. The molecule has 0 bridgehead atoms. The quantitative estimate of drug-likeness (QED) is 0.388. The lowest BCUT2D eigenvalue weighted by Gasteiger charge is -2.17. The Balaban J connectivity index is 1.73. The molecule has 0 aliphatic carbocycles. The molecule has 0 saturated carbocycles. The van der Waals surface area contributed by atoms with Crippen molar-refractivity contribution in [3.05, 3.63) is 70.2 Å². The number of amides is 1. The number of hydrogen-bond donors (Lipinski definition) is 3. The van der Waals surface area contributed by atoms with E-state index >= 15 is 0 Å². The Morgan fingerprint density at radius 2 is 1.81 bits per heavy atom. The summed E-state index contributed by atoms with van der Waals surface area (Å²) in [5, 5.41) is 9.82. The third kappa shape index (κ3) is 6.61. The fourth-order valence-electron chi connectivity index (χ4n) is 2.66. The van der Waals surface area contributed by atoms with Crippen molar-refractivity contribution in [2.45, 2.75) is 19.8 Å². The monoisotopic (exact) mass is 386 g/mol. The fraction of sp³-hybridized carbons (Fsp3) is 0.333. The van der Waals surface area contributed by atoms with E-state index in [0.29, 0.717) is 35.6 Å². The first-order valence-electron chi connectivity index (χ1n) is 9.05. The number of hydrogen-bond acceptors (Lipinski definition) is 2. The van der Waals surface area contributed by atoms with Crippen molar-refractivity contribution in [3.8, 4) is 0 Å². The number of nitrogens with zero attached hydrogens (tertiary/aromatic N) is 1. The topological polar surface area (TPSA) is 65.5 Å². The smallest absolute Gasteiger partial charge is 0.252 e. The number of halogens is 1. The summed E-state index contributed by atoms with van der Waals surface area (Å²) in [5.74, 6) is 0.892. The molecule has 6 heteroatoms. The van der Waals surface area contributed by atoms with Gasteiger partial charge in [0, 0.05) is 26.7 Å². The summed E-state index contributed by atoms with van der Waals surface area (Å²) in [4.78, 5) is 16.3. The lowest BCUT2D eigenvalue weighted by Crippen LogP contribution is -2.42. The molecule has 5 nitrogen and oxygen atoms in total. The Morgan fingerprint density at radius 3 is 2.52 bits per heavy atom. The summed E-state index contributed by atoms with van der Waals surface area (Å²) in [6.07, 6.45) is 0. The Kier molecular flexibility index (Phi) is 8.14. The molecule has 0 saturated heterocycles. The molecule has 0 heterocycles. The summed E-state index contributed by atoms with van der Waals surface area (Å²) in [6.45, 7) is 6.09. The van der Waals surface area contributed by atoms with Gasteiger partial charge in [-0.3, -0.25) is 9.79 Å². The highest BCUT2D eigenvalue weighted by Gasteiger charge is 2.09. The van der Waals surface area contributed by atoms with Gasteiger partial charge >= 0.3 is 0 Å². The van der Waals surface area contributed by atoms with Crippen molar-refractivity contribution in [1.82, 2.24) is 16.0 Å². The molecule has 0 aliphatic rings. The number of aryl methyl sites for hydroxylation is 1. The molecule has 0 aliphatic heterocycles. The molecule has 2 aromatic rings. The van der Waals surface area contributed by atoms with Gasteiger partial charge in [0.15, 0.2) is 5.96 Å². The van der Waals surface area contributed by atoms with E-state index in [2.05, 4.69) is 59.1 Å². The Morgan fingerprint density at radius 1 is 1.07 bits per heavy atom. The predicted octanol–water partition coefficient (Wildman–Crippen LogP) is 3.35. The molecule has 2 rings (SSSR count). The minimum Gasteiger partial charge on any atom is -0.356 e. The maximum absolute atomic E-state index is 12.1. The number of carbonyl (C=O) groups excluding carboxylic acids is 1. The molecule has 144 valence electrons. The third-order valence-electron chi connectivity index (χ3n) is 4.23. The van der Waals surface area contributed by atoms with Crippen LogP contribution in [-0.4, -0.2) is 38.5 Å². The summed E-state index contributed by atoms with van der Waals surface area (Å²) < 4.78 is 0. The molecule has 0 spiro atoms. The van der Waals surface area contributed by atoms with Crippen LogP contribution in [0.5, 0.6) is 0 Å². The number of nitrogens with one attached hydrogen (secondary N) is 3. The summed E-state index contributed by atoms with van der Waals surface area (Å²) in [6, 6.07) is 15.5. The van der Waals surface area contributed by atoms with Crippen molar-refractivity contribution in [2.75, 3.05) is 26.7 Å². The van der Waals surface area contributed by atoms with Gasteiger partial charge in [-0.2, -0.15) is 0 Å². The van der Waals surface area contributed by atoms with Crippen LogP contribution in [0.4, 0.5) is 0 Å². The second-order valence-electron chi connectivity index (χ2n) is 6.43. The number of rotatable bonds is 7. The van der Waals surface area contributed by atoms with E-state index in [1.54, 1.807) is 31.3 Å². The maximum Gasteiger partial charge on any atom is 0.252 e. The van der Waals surface area contributed by atoms with Gasteiger partial charge in [-0.15, -0.1) is 0 Å². The van der Waals surface area contributed by atoms with Crippen LogP contribution in [0, 0.1) is 6.92 Å². The first-order chi connectivity index (χ1) is 13.0. The molecule has 1 atom stereocenters. The van der Waals surface area contributed by atoms with E-state index < -0.39 is 0 Å². The van der Waals surface area contributed by atoms with E-state index in [-0.39, 0.29) is 5.91 Å². The van der Waals surface area contributed by atoms with Crippen LogP contribution in [0.3, 0.4) is 0 Å². The van der Waals surface area contributed by atoms with Gasteiger partial charge in [0.25, 0.3) is 5.91 Å². The zero-order valence-electron chi connectivity index (χ0n) is 16.1. The third-order valence-corrected chi connectivity index (χ3v) is 4.56. The lowest BCUT2D eigenvalue weighted by atomic mass is 9.99. The van der Waals surface area contributed by atoms with Gasteiger partial charge in [-0.1, -0.05) is 60.5 Å². The van der Waals surface area contributed by atoms with Crippen LogP contribution in [0.2, 0.25) is 5.02 Å². The summed E-state index contributed by atoms with van der Waals surface area (Å²) in [7, 11) is 1.73. The zero-order valence-corrected chi connectivity index (χ0v) is 16.8. The highest BCUT2D eigenvalue weighted by Crippen LogP contribution is 2.15. The molecule has 0 radical (unpaired) electrons. The van der Waals surface area contributed by atoms with Crippen LogP contribution >= 0.6 is 11.6 Å². The Labute approximate surface area is 166 Å². The van der Waals surface area contributed by atoms with Crippen molar-refractivity contribution in [3.63, 3.8) is 0 Å². The van der Waals surface area contributed by atoms with Crippen molar-refractivity contribution >= 4 is 23.5 Å². The first-order valence-corrected chi connectivity index (χ1v) is 9.43. The molecule has 1 unspecified atom stereocenters. The second kappa shape index (κ2) is 10.6. The van der Waals surface area contributed by atoms with E-state index in [1.165, 1.54) is 11.1 Å². The average molecular weight is 387 g/mol. The van der Waals surface area contributed by atoms with Gasteiger partial charge in [0.2, 0.25) is 0 Å². The maximum atomic E-state index is 12.1. The van der Waals surface area contributed by atoms with Crippen LogP contribution in [0.25, 0.3) is 0 Å². The largest absolute Gasteiger partial charge is 0.356 e. The fourth-order valence-corrected chi connectivity index (χ4v) is 2.88. The molecular weight excluding hydrogens is 360 g/mol. The van der Waals surface area contributed by atoms with E-state index in [1.807, 2.05) is 0 Å². The number of aliphatic imine (C=N–C) groups is 1. The normalized spacial score (nSPS) is 12.4. The van der Waals surface area contributed by atoms with Gasteiger partial charge < -0.3 is 16.0 Å². The minimum atomic E-state index is -0.182. The van der Waals surface area contributed by atoms with Crippen LogP contribution in [-0.2, 0) is 0 Å². The average Bonchev–Trinajstić information content (AvgIpc) is 2.67. The van der Waals surface area contributed by atoms with E-state index in [9.17, 15) is 4.79 Å². The Hall–Kier alpha value is -2.53. The summed E-state index contributed by atoms with van der Waals surface area (Å²) in [5.41, 5.74) is 3.04. The predicted molar refractivity (Wildman–Crippen MR) is 113 cm³/mol. The molecule has 27 heavy (non-hydrogen) atoms. The number of benzene rings is 2. The number of carbonyl (C=O) groups is 1. The zero-order chi connectivity index (χ0) is 19.6. The lowest BCUT2D eigenvalue weighted by molar-refractivity contribution is 0.0954. The highest BCUT2D eigenvalue weighted by atomic mass is 35.5. The van der Waals surface area contributed by atoms with Crippen LogP contribution in [0.15, 0.2) is 53.5 Å². The van der Waals surface area contributed by atoms with Gasteiger partial charge in [-0.25, -0.2) is 0 Å². The van der Waals surface area contributed by atoms with Gasteiger partial charge in [0.05, 0.1) is 10.6 Å². The van der Waals surface area contributed by atoms with Crippen molar-refractivity contribution in [1.29, 1.82) is 0 Å².